The lowest BCUT2D eigenvalue weighted by Gasteiger charge is -2.35. The van der Waals surface area contributed by atoms with Crippen molar-refractivity contribution in [2.45, 2.75) is 19.5 Å². The molecule has 170 valence electrons. The minimum absolute atomic E-state index is 0.0154. The second kappa shape index (κ2) is 10.5. The molecule has 1 aliphatic rings. The van der Waals surface area contributed by atoms with Gasteiger partial charge < -0.3 is 20.3 Å². The first-order valence-electron chi connectivity index (χ1n) is 11.0. The fourth-order valence-corrected chi connectivity index (χ4v) is 3.80. The first-order valence-corrected chi connectivity index (χ1v) is 11.0. The molecule has 4 rings (SSSR count). The van der Waals surface area contributed by atoms with Crippen LogP contribution in [0.3, 0.4) is 0 Å². The molecule has 3 aromatic carbocycles. The summed E-state index contributed by atoms with van der Waals surface area (Å²) in [5, 5.41) is 5.67. The van der Waals surface area contributed by atoms with Gasteiger partial charge in [-0.05, 0) is 53.9 Å². The summed E-state index contributed by atoms with van der Waals surface area (Å²) in [5.41, 5.74) is 3.58. The van der Waals surface area contributed by atoms with Crippen LogP contribution in [-0.4, -0.2) is 37.2 Å². The molecule has 0 aliphatic carbocycles. The van der Waals surface area contributed by atoms with E-state index in [4.69, 9.17) is 4.74 Å². The van der Waals surface area contributed by atoms with Gasteiger partial charge in [0.1, 0.15) is 5.75 Å². The van der Waals surface area contributed by atoms with Crippen LogP contribution >= 0.6 is 0 Å². The number of hydrogen-bond donors (Lipinski definition) is 2. The van der Waals surface area contributed by atoms with Crippen LogP contribution in [-0.2, 0) is 13.1 Å². The molecule has 0 saturated carbocycles. The molecular formula is C26H28N4O3. The lowest BCUT2D eigenvalue weighted by Crippen LogP contribution is -2.49. The van der Waals surface area contributed by atoms with Crippen LogP contribution in [0.15, 0.2) is 78.9 Å². The highest BCUT2D eigenvalue weighted by Crippen LogP contribution is 2.24. The summed E-state index contributed by atoms with van der Waals surface area (Å²) in [6.45, 7) is 2.41. The van der Waals surface area contributed by atoms with Crippen molar-refractivity contribution in [2.75, 3.05) is 30.4 Å². The quantitative estimate of drug-likeness (QED) is 0.547. The molecule has 0 spiro atoms. The highest BCUT2D eigenvalue weighted by Gasteiger charge is 2.26. The van der Waals surface area contributed by atoms with Crippen molar-refractivity contribution in [2.24, 2.45) is 0 Å². The van der Waals surface area contributed by atoms with Crippen molar-refractivity contribution >= 4 is 23.4 Å². The number of amides is 4. The van der Waals surface area contributed by atoms with Gasteiger partial charge in [-0.3, -0.25) is 4.90 Å². The van der Waals surface area contributed by atoms with Gasteiger partial charge in [0.05, 0.1) is 7.11 Å². The third kappa shape index (κ3) is 5.83. The summed E-state index contributed by atoms with van der Waals surface area (Å²) in [6, 6.07) is 24.6. The molecule has 0 unspecified atom stereocenters. The number of anilines is 2. The number of nitrogens with one attached hydrogen (secondary N) is 2. The number of nitrogens with zero attached hydrogens (tertiary/aromatic N) is 2. The van der Waals surface area contributed by atoms with Crippen LogP contribution in [0.1, 0.15) is 17.5 Å². The van der Waals surface area contributed by atoms with E-state index >= 15 is 0 Å². The van der Waals surface area contributed by atoms with Gasteiger partial charge in [-0.1, -0.05) is 42.5 Å². The average Bonchev–Trinajstić information content (AvgIpc) is 2.86. The van der Waals surface area contributed by atoms with Crippen LogP contribution in [0.25, 0.3) is 0 Å². The number of urea groups is 2. The molecule has 0 radical (unpaired) electrons. The van der Waals surface area contributed by atoms with E-state index in [1.54, 1.807) is 12.0 Å². The van der Waals surface area contributed by atoms with Gasteiger partial charge in [0.15, 0.2) is 0 Å². The monoisotopic (exact) mass is 444 g/mol. The summed E-state index contributed by atoms with van der Waals surface area (Å²) < 4.78 is 5.20. The Morgan fingerprint density at radius 3 is 2.33 bits per heavy atom. The Morgan fingerprint density at radius 2 is 1.64 bits per heavy atom. The molecule has 33 heavy (non-hydrogen) atoms. The highest BCUT2D eigenvalue weighted by atomic mass is 16.5. The Bertz CT molecular complexity index is 1070. The van der Waals surface area contributed by atoms with Gasteiger partial charge >= 0.3 is 12.1 Å². The molecule has 1 saturated heterocycles. The van der Waals surface area contributed by atoms with E-state index in [0.717, 1.165) is 35.5 Å². The van der Waals surface area contributed by atoms with Crippen LogP contribution in [0.5, 0.6) is 5.75 Å². The molecule has 2 N–H and O–H groups in total. The van der Waals surface area contributed by atoms with E-state index in [-0.39, 0.29) is 12.1 Å². The molecular weight excluding hydrogens is 416 g/mol. The van der Waals surface area contributed by atoms with Crippen molar-refractivity contribution < 1.29 is 14.3 Å². The molecule has 7 nitrogen and oxygen atoms in total. The number of carbonyl (C=O) groups is 2. The number of benzene rings is 3. The second-order valence-corrected chi connectivity index (χ2v) is 7.90. The lowest BCUT2D eigenvalue weighted by molar-refractivity contribution is 0.192. The summed E-state index contributed by atoms with van der Waals surface area (Å²) >= 11 is 0. The normalized spacial score (nSPS) is 13.5. The first-order chi connectivity index (χ1) is 16.1. The van der Waals surface area contributed by atoms with E-state index in [9.17, 15) is 9.59 Å². The maximum atomic E-state index is 13.1. The highest BCUT2D eigenvalue weighted by molar-refractivity contribution is 5.94. The Morgan fingerprint density at radius 1 is 0.909 bits per heavy atom. The minimum Gasteiger partial charge on any atom is -0.497 e. The number of hydrogen-bond acceptors (Lipinski definition) is 3. The van der Waals surface area contributed by atoms with E-state index in [1.807, 2.05) is 83.8 Å². The number of ether oxygens (including phenoxy) is 1. The molecule has 1 heterocycles. The summed E-state index contributed by atoms with van der Waals surface area (Å²) in [7, 11) is 1.64. The lowest BCUT2D eigenvalue weighted by atomic mass is 10.1. The molecule has 3 aromatic rings. The van der Waals surface area contributed by atoms with Crippen molar-refractivity contribution in [3.63, 3.8) is 0 Å². The smallest absolute Gasteiger partial charge is 0.324 e. The Balaban J connectivity index is 1.33. The van der Waals surface area contributed by atoms with Crippen LogP contribution in [0, 0.1) is 0 Å². The van der Waals surface area contributed by atoms with Gasteiger partial charge in [0.2, 0.25) is 0 Å². The first kappa shape index (κ1) is 22.2. The van der Waals surface area contributed by atoms with E-state index in [0.29, 0.717) is 25.3 Å². The molecule has 0 bridgehead atoms. The SMILES string of the molecule is COc1ccc(CN2CCCN(c3ccc(NC(=O)NCc4ccccc4)cc3)C2=O)cc1. The summed E-state index contributed by atoms with van der Waals surface area (Å²) in [4.78, 5) is 28.9. The Kier molecular flexibility index (Phi) is 7.09. The van der Waals surface area contributed by atoms with E-state index in [1.165, 1.54) is 0 Å². The van der Waals surface area contributed by atoms with Crippen LogP contribution < -0.4 is 20.3 Å². The average molecular weight is 445 g/mol. The maximum Gasteiger partial charge on any atom is 0.324 e. The van der Waals surface area contributed by atoms with E-state index < -0.39 is 0 Å². The van der Waals surface area contributed by atoms with Crippen molar-refractivity contribution in [3.05, 3.63) is 90.0 Å². The standard InChI is InChI=1S/C26H28N4O3/c1-33-24-14-8-21(9-15-24)19-29-16-5-17-30(26(29)32)23-12-10-22(11-13-23)28-25(31)27-18-20-6-3-2-4-7-20/h2-4,6-15H,5,16-19H2,1H3,(H2,27,28,31). The molecule has 1 fully saturated rings. The van der Waals surface area contributed by atoms with E-state index in [2.05, 4.69) is 10.6 Å². The molecule has 0 aromatic heterocycles. The zero-order valence-electron chi connectivity index (χ0n) is 18.7. The largest absolute Gasteiger partial charge is 0.497 e. The predicted molar refractivity (Wildman–Crippen MR) is 130 cm³/mol. The third-order valence-corrected chi connectivity index (χ3v) is 5.58. The van der Waals surface area contributed by atoms with Crippen molar-refractivity contribution in [3.8, 4) is 5.75 Å². The molecule has 4 amide bonds. The second-order valence-electron chi connectivity index (χ2n) is 7.90. The number of methoxy groups -OCH3 is 1. The Labute approximate surface area is 194 Å². The molecule has 0 atom stereocenters. The van der Waals surface area contributed by atoms with Crippen LogP contribution in [0.2, 0.25) is 0 Å². The van der Waals surface area contributed by atoms with Crippen molar-refractivity contribution in [1.29, 1.82) is 0 Å². The predicted octanol–water partition coefficient (Wildman–Crippen LogP) is 4.85. The molecule has 7 heteroatoms. The Hall–Kier alpha value is -4.00. The summed E-state index contributed by atoms with van der Waals surface area (Å²) in [5.74, 6) is 0.799. The third-order valence-electron chi connectivity index (χ3n) is 5.58. The summed E-state index contributed by atoms with van der Waals surface area (Å²) in [6.07, 6.45) is 0.893. The zero-order chi connectivity index (χ0) is 23.0. The van der Waals surface area contributed by atoms with Gasteiger partial charge in [0.25, 0.3) is 0 Å². The van der Waals surface area contributed by atoms with Gasteiger partial charge in [-0.2, -0.15) is 0 Å². The molecule has 1 aliphatic heterocycles. The van der Waals surface area contributed by atoms with Crippen LogP contribution in [0.4, 0.5) is 21.0 Å². The van der Waals surface area contributed by atoms with Gasteiger partial charge in [-0.25, -0.2) is 9.59 Å². The zero-order valence-corrected chi connectivity index (χ0v) is 18.7. The fourth-order valence-electron chi connectivity index (χ4n) is 3.80. The number of rotatable bonds is 7. The minimum atomic E-state index is -0.272. The maximum absolute atomic E-state index is 13.1. The van der Waals surface area contributed by atoms with Crippen molar-refractivity contribution in [1.82, 2.24) is 10.2 Å². The number of carbonyl (C=O) groups excluding carboxylic acids is 2. The van der Waals surface area contributed by atoms with Gasteiger partial charge in [-0.15, -0.1) is 0 Å². The topological polar surface area (TPSA) is 73.9 Å². The van der Waals surface area contributed by atoms with Gasteiger partial charge in [0, 0.05) is 37.6 Å². The fraction of sp³-hybridized carbons (Fsp3) is 0.231.